The second kappa shape index (κ2) is 5.28. The molecule has 1 heterocycles. The Bertz CT molecular complexity index is 197. The van der Waals surface area contributed by atoms with E-state index in [1.165, 1.54) is 0 Å². The van der Waals surface area contributed by atoms with Crippen LogP contribution in [0, 0.1) is 0 Å². The molecule has 5 heteroatoms. The molecule has 1 atom stereocenters. The highest BCUT2D eigenvalue weighted by atomic mass is 32.2. The van der Waals surface area contributed by atoms with E-state index in [0.717, 1.165) is 17.3 Å². The van der Waals surface area contributed by atoms with E-state index in [9.17, 15) is 4.79 Å². The van der Waals surface area contributed by atoms with Crippen molar-refractivity contribution >= 4 is 29.4 Å². The standard InChI is InChI=1S/C9H18N2OS2/c1-9(2,10)6-11-8(12)7-5-13-3-4-14-7/h7H,3-6,10H2,1-2H3,(H,11,12). The minimum atomic E-state index is -0.317. The summed E-state index contributed by atoms with van der Waals surface area (Å²) in [5.74, 6) is 3.31. The maximum Gasteiger partial charge on any atom is 0.234 e. The fourth-order valence-electron chi connectivity index (χ4n) is 1.07. The van der Waals surface area contributed by atoms with Crippen LogP contribution in [0.4, 0.5) is 0 Å². The highest BCUT2D eigenvalue weighted by Gasteiger charge is 2.23. The van der Waals surface area contributed by atoms with Crippen LogP contribution in [0.5, 0.6) is 0 Å². The quantitative estimate of drug-likeness (QED) is 0.754. The van der Waals surface area contributed by atoms with Crippen molar-refractivity contribution in [3.63, 3.8) is 0 Å². The average molecular weight is 234 g/mol. The zero-order valence-corrected chi connectivity index (χ0v) is 10.3. The number of nitrogens with two attached hydrogens (primary N) is 1. The molecule has 0 bridgehead atoms. The van der Waals surface area contributed by atoms with Crippen molar-refractivity contribution in [1.82, 2.24) is 5.32 Å². The molecule has 0 aromatic rings. The molecule has 3 nitrogen and oxygen atoms in total. The maximum atomic E-state index is 11.6. The minimum Gasteiger partial charge on any atom is -0.353 e. The number of nitrogens with one attached hydrogen (secondary N) is 1. The summed E-state index contributed by atoms with van der Waals surface area (Å²) < 4.78 is 0. The Balaban J connectivity index is 2.27. The van der Waals surface area contributed by atoms with Crippen molar-refractivity contribution in [3.8, 4) is 0 Å². The summed E-state index contributed by atoms with van der Waals surface area (Å²) in [6, 6.07) is 0. The summed E-state index contributed by atoms with van der Waals surface area (Å²) in [4.78, 5) is 11.6. The lowest BCUT2D eigenvalue weighted by Gasteiger charge is -2.23. The Morgan fingerprint density at radius 1 is 1.57 bits per heavy atom. The maximum absolute atomic E-state index is 11.6. The first kappa shape index (κ1) is 12.2. The van der Waals surface area contributed by atoms with Crippen LogP contribution in [0.25, 0.3) is 0 Å². The monoisotopic (exact) mass is 234 g/mol. The number of amides is 1. The Labute approximate surface area is 94.0 Å². The zero-order valence-electron chi connectivity index (χ0n) is 8.71. The molecule has 1 fully saturated rings. The first-order chi connectivity index (χ1) is 6.49. The second-order valence-corrected chi connectivity index (χ2v) is 6.60. The zero-order chi connectivity index (χ0) is 10.6. The van der Waals surface area contributed by atoms with E-state index in [2.05, 4.69) is 5.32 Å². The molecule has 14 heavy (non-hydrogen) atoms. The van der Waals surface area contributed by atoms with Gasteiger partial charge in [-0.15, -0.1) is 11.8 Å². The average Bonchev–Trinajstić information content (AvgIpc) is 2.14. The number of rotatable bonds is 3. The van der Waals surface area contributed by atoms with Gasteiger partial charge >= 0.3 is 0 Å². The van der Waals surface area contributed by atoms with Gasteiger partial charge in [0.15, 0.2) is 0 Å². The van der Waals surface area contributed by atoms with Crippen LogP contribution in [0.15, 0.2) is 0 Å². The molecule has 0 saturated carbocycles. The molecule has 3 N–H and O–H groups in total. The van der Waals surface area contributed by atoms with Crippen LogP contribution in [0.2, 0.25) is 0 Å². The van der Waals surface area contributed by atoms with Crippen molar-refractivity contribution in [2.75, 3.05) is 23.8 Å². The number of carbonyl (C=O) groups is 1. The van der Waals surface area contributed by atoms with Gasteiger partial charge in [-0.3, -0.25) is 4.79 Å². The lowest BCUT2D eigenvalue weighted by molar-refractivity contribution is -0.120. The van der Waals surface area contributed by atoms with Crippen molar-refractivity contribution in [3.05, 3.63) is 0 Å². The number of thioether (sulfide) groups is 2. The summed E-state index contributed by atoms with van der Waals surface area (Å²) in [6.45, 7) is 4.37. The van der Waals surface area contributed by atoms with Gasteiger partial charge in [0.05, 0.1) is 5.25 Å². The van der Waals surface area contributed by atoms with Crippen LogP contribution in [0.3, 0.4) is 0 Å². The van der Waals surface area contributed by atoms with Crippen LogP contribution < -0.4 is 11.1 Å². The van der Waals surface area contributed by atoms with Crippen molar-refractivity contribution in [2.24, 2.45) is 5.73 Å². The minimum absolute atomic E-state index is 0.121. The Hall–Kier alpha value is 0.130. The molecule has 1 saturated heterocycles. The lowest BCUT2D eigenvalue weighted by Crippen LogP contribution is -2.48. The van der Waals surface area contributed by atoms with E-state index in [1.807, 2.05) is 25.6 Å². The van der Waals surface area contributed by atoms with E-state index in [1.54, 1.807) is 11.8 Å². The Kier molecular flexibility index (Phi) is 4.60. The first-order valence-corrected chi connectivity index (χ1v) is 6.95. The van der Waals surface area contributed by atoms with Crippen LogP contribution in [0.1, 0.15) is 13.8 Å². The molecule has 1 amide bonds. The van der Waals surface area contributed by atoms with Gasteiger partial charge in [-0.25, -0.2) is 0 Å². The topological polar surface area (TPSA) is 55.1 Å². The van der Waals surface area contributed by atoms with E-state index in [-0.39, 0.29) is 16.7 Å². The molecule has 0 radical (unpaired) electrons. The molecule has 82 valence electrons. The number of hydrogen-bond donors (Lipinski definition) is 2. The first-order valence-electron chi connectivity index (χ1n) is 4.75. The second-order valence-electron chi connectivity index (χ2n) is 4.14. The van der Waals surface area contributed by atoms with Gasteiger partial charge in [0, 0.05) is 29.3 Å². The van der Waals surface area contributed by atoms with Gasteiger partial charge in [-0.2, -0.15) is 11.8 Å². The summed E-state index contributed by atoms with van der Waals surface area (Å²) in [5.41, 5.74) is 5.47. The van der Waals surface area contributed by atoms with Gasteiger partial charge in [0.2, 0.25) is 5.91 Å². The Morgan fingerprint density at radius 3 is 2.79 bits per heavy atom. The third-order valence-corrected chi connectivity index (χ3v) is 4.58. The summed E-state index contributed by atoms with van der Waals surface area (Å²) in [6.07, 6.45) is 0. The largest absolute Gasteiger partial charge is 0.353 e. The molecule has 0 aliphatic carbocycles. The van der Waals surface area contributed by atoms with Gasteiger partial charge in [0.25, 0.3) is 0 Å². The van der Waals surface area contributed by atoms with Gasteiger partial charge in [-0.05, 0) is 13.8 Å². The fourth-order valence-corrected chi connectivity index (χ4v) is 3.65. The van der Waals surface area contributed by atoms with Crippen molar-refractivity contribution < 1.29 is 4.79 Å². The molecule has 1 aliphatic rings. The molecule has 0 aromatic heterocycles. The molecular weight excluding hydrogens is 216 g/mol. The van der Waals surface area contributed by atoms with Crippen LogP contribution in [-0.2, 0) is 4.79 Å². The summed E-state index contributed by atoms with van der Waals surface area (Å²) >= 11 is 3.60. The molecule has 1 unspecified atom stereocenters. The van der Waals surface area contributed by atoms with Gasteiger partial charge in [-0.1, -0.05) is 0 Å². The van der Waals surface area contributed by atoms with Gasteiger partial charge in [0.1, 0.15) is 0 Å². The van der Waals surface area contributed by atoms with Crippen LogP contribution in [-0.4, -0.2) is 40.5 Å². The molecule has 1 rings (SSSR count). The normalized spacial score (nSPS) is 23.2. The summed E-state index contributed by atoms with van der Waals surface area (Å²) in [5, 5.41) is 3.02. The molecule has 1 aliphatic heterocycles. The third-order valence-electron chi connectivity index (χ3n) is 1.83. The predicted molar refractivity (Wildman–Crippen MR) is 64.8 cm³/mol. The smallest absolute Gasteiger partial charge is 0.234 e. The number of carbonyl (C=O) groups excluding carboxylic acids is 1. The Morgan fingerprint density at radius 2 is 2.29 bits per heavy atom. The van der Waals surface area contributed by atoms with E-state index < -0.39 is 0 Å². The van der Waals surface area contributed by atoms with Crippen molar-refractivity contribution in [1.29, 1.82) is 0 Å². The lowest BCUT2D eigenvalue weighted by atomic mass is 10.1. The predicted octanol–water partition coefficient (Wildman–Crippen LogP) is 0.689. The third kappa shape index (κ3) is 4.57. The SMILES string of the molecule is CC(C)(N)CNC(=O)C1CSCCS1. The molecule has 0 spiro atoms. The van der Waals surface area contributed by atoms with E-state index in [4.69, 9.17) is 5.73 Å². The highest BCUT2D eigenvalue weighted by molar-refractivity contribution is 8.07. The van der Waals surface area contributed by atoms with Crippen LogP contribution >= 0.6 is 23.5 Å². The summed E-state index contributed by atoms with van der Waals surface area (Å²) in [7, 11) is 0. The highest BCUT2D eigenvalue weighted by Crippen LogP contribution is 2.23. The van der Waals surface area contributed by atoms with E-state index >= 15 is 0 Å². The molecule has 0 aromatic carbocycles. The fraction of sp³-hybridized carbons (Fsp3) is 0.889. The van der Waals surface area contributed by atoms with E-state index in [0.29, 0.717) is 6.54 Å². The number of hydrogen-bond acceptors (Lipinski definition) is 4. The van der Waals surface area contributed by atoms with Gasteiger partial charge < -0.3 is 11.1 Å². The van der Waals surface area contributed by atoms with Crippen molar-refractivity contribution in [2.45, 2.75) is 24.6 Å². The molecular formula is C9H18N2OS2.